The number of amides is 4. The molecule has 10 nitrogen and oxygen atoms in total. The number of hydrogen-bond acceptors (Lipinski definition) is 5. The second kappa shape index (κ2) is 11.3. The first-order chi connectivity index (χ1) is 18.5. The third-order valence-corrected chi connectivity index (χ3v) is 6.69. The van der Waals surface area contributed by atoms with Gasteiger partial charge in [0.05, 0.1) is 25.1 Å². The predicted molar refractivity (Wildman–Crippen MR) is 131 cm³/mol. The van der Waals surface area contributed by atoms with Gasteiger partial charge < -0.3 is 20.2 Å². The minimum Gasteiger partial charge on any atom is -0.481 e. The molecule has 2 heterocycles. The molecule has 13 heteroatoms. The first-order valence-electron chi connectivity index (χ1n) is 12.3. The van der Waals surface area contributed by atoms with E-state index in [1.54, 1.807) is 6.92 Å². The molecule has 2 saturated heterocycles. The van der Waals surface area contributed by atoms with Crippen LogP contribution in [0.2, 0.25) is 0 Å². The zero-order valence-electron chi connectivity index (χ0n) is 21.1. The van der Waals surface area contributed by atoms with Crippen molar-refractivity contribution in [1.29, 1.82) is 0 Å². The third kappa shape index (κ3) is 6.14. The van der Waals surface area contributed by atoms with Gasteiger partial charge in [-0.05, 0) is 23.3 Å². The lowest BCUT2D eigenvalue weighted by Gasteiger charge is -2.54. The number of nitrogens with one attached hydrogen (secondary N) is 1. The van der Waals surface area contributed by atoms with Crippen molar-refractivity contribution in [1.82, 2.24) is 25.1 Å². The van der Waals surface area contributed by atoms with Crippen LogP contribution < -0.4 is 5.32 Å². The van der Waals surface area contributed by atoms with E-state index >= 15 is 0 Å². The monoisotopic (exact) mass is 547 g/mol. The summed E-state index contributed by atoms with van der Waals surface area (Å²) in [4.78, 5) is 54.0. The fourth-order valence-corrected chi connectivity index (χ4v) is 4.89. The standard InChI is InChI=1S/C26H28F3N5O5/c1-2-32-16-22(35)33-20(12-23(36)37)24(38)31(14-18-9-6-10-19(11-18)26(27,28)29)15-21(33)34(32)25(39)30-13-17-7-4-3-5-8-17/h3-11,20-21H,2,12-16H2,1H3,(H,30,39)(H,36,37)/t20-,21-/m0/s1. The second-order valence-electron chi connectivity index (χ2n) is 9.28. The highest BCUT2D eigenvalue weighted by Gasteiger charge is 2.51. The van der Waals surface area contributed by atoms with Crippen molar-refractivity contribution in [3.8, 4) is 0 Å². The molecule has 2 aromatic rings. The first-order valence-corrected chi connectivity index (χ1v) is 12.3. The van der Waals surface area contributed by atoms with Gasteiger partial charge in [-0.25, -0.2) is 14.8 Å². The number of piperazine rings is 1. The quantitative estimate of drug-likeness (QED) is 0.551. The van der Waals surface area contributed by atoms with Crippen molar-refractivity contribution in [3.05, 3.63) is 71.3 Å². The molecule has 4 amide bonds. The van der Waals surface area contributed by atoms with Crippen LogP contribution in [-0.2, 0) is 33.6 Å². The summed E-state index contributed by atoms with van der Waals surface area (Å²) in [5.74, 6) is -2.57. The van der Waals surface area contributed by atoms with Crippen LogP contribution in [0.4, 0.5) is 18.0 Å². The normalized spacial score (nSPS) is 20.2. The number of urea groups is 1. The van der Waals surface area contributed by atoms with Crippen LogP contribution in [0.15, 0.2) is 54.6 Å². The maximum atomic E-state index is 13.4. The van der Waals surface area contributed by atoms with Gasteiger partial charge in [0.15, 0.2) is 0 Å². The zero-order valence-corrected chi connectivity index (χ0v) is 21.1. The van der Waals surface area contributed by atoms with Gasteiger partial charge in [-0.2, -0.15) is 13.2 Å². The molecular formula is C26H28F3N5O5. The van der Waals surface area contributed by atoms with Gasteiger partial charge in [-0.15, -0.1) is 0 Å². The average molecular weight is 548 g/mol. The molecule has 2 aliphatic rings. The fourth-order valence-electron chi connectivity index (χ4n) is 4.89. The van der Waals surface area contributed by atoms with Crippen LogP contribution in [0.3, 0.4) is 0 Å². The SMILES string of the molecule is CCN1CC(=O)N2[C@@H](CC(=O)O)C(=O)N(Cc3cccc(C(F)(F)F)c3)C[C@@H]2N1C(=O)NCc1ccccc1. The van der Waals surface area contributed by atoms with E-state index in [0.717, 1.165) is 22.6 Å². The van der Waals surface area contributed by atoms with Crippen LogP contribution in [-0.4, -0.2) is 80.6 Å². The Balaban J connectivity index is 1.65. The lowest BCUT2D eigenvalue weighted by atomic mass is 10.0. The number of carboxylic acids is 1. The van der Waals surface area contributed by atoms with E-state index < -0.39 is 54.2 Å². The van der Waals surface area contributed by atoms with Gasteiger partial charge >= 0.3 is 18.2 Å². The maximum absolute atomic E-state index is 13.4. The summed E-state index contributed by atoms with van der Waals surface area (Å²) < 4.78 is 39.8. The maximum Gasteiger partial charge on any atom is 0.416 e. The molecule has 0 spiro atoms. The number of carbonyl (C=O) groups excluding carboxylic acids is 3. The molecule has 0 aliphatic carbocycles. The van der Waals surface area contributed by atoms with Crippen molar-refractivity contribution in [2.45, 2.75) is 44.8 Å². The topological polar surface area (TPSA) is 114 Å². The minimum atomic E-state index is -4.59. The molecule has 4 rings (SSSR count). The Hall–Kier alpha value is -4.13. The van der Waals surface area contributed by atoms with Gasteiger partial charge in [-0.1, -0.05) is 49.4 Å². The van der Waals surface area contributed by atoms with E-state index in [1.807, 2.05) is 30.3 Å². The molecule has 0 unspecified atom stereocenters. The van der Waals surface area contributed by atoms with Gasteiger partial charge in [-0.3, -0.25) is 14.4 Å². The number of alkyl halides is 3. The van der Waals surface area contributed by atoms with Crippen molar-refractivity contribution >= 4 is 23.8 Å². The van der Waals surface area contributed by atoms with E-state index in [0.29, 0.717) is 0 Å². The average Bonchev–Trinajstić information content (AvgIpc) is 2.89. The lowest BCUT2D eigenvalue weighted by molar-refractivity contribution is -0.191. The Kier molecular flexibility index (Phi) is 8.09. The summed E-state index contributed by atoms with van der Waals surface area (Å²) in [6.45, 7) is 1.46. The Morgan fingerprint density at radius 3 is 2.38 bits per heavy atom. The summed E-state index contributed by atoms with van der Waals surface area (Å²) in [7, 11) is 0. The Morgan fingerprint density at radius 2 is 1.74 bits per heavy atom. The Morgan fingerprint density at radius 1 is 1.05 bits per heavy atom. The number of aliphatic carboxylic acids is 1. The number of rotatable bonds is 7. The number of hydrazine groups is 1. The summed E-state index contributed by atoms with van der Waals surface area (Å²) in [5, 5.41) is 15.1. The van der Waals surface area contributed by atoms with E-state index in [2.05, 4.69) is 5.32 Å². The number of hydrogen-bond donors (Lipinski definition) is 2. The summed E-state index contributed by atoms with van der Waals surface area (Å²) in [5.41, 5.74) is 0.114. The van der Waals surface area contributed by atoms with Crippen LogP contribution in [0, 0.1) is 0 Å². The van der Waals surface area contributed by atoms with Crippen LogP contribution in [0.1, 0.15) is 30.0 Å². The van der Waals surface area contributed by atoms with E-state index in [-0.39, 0.29) is 38.3 Å². The highest BCUT2D eigenvalue weighted by molar-refractivity contribution is 5.93. The van der Waals surface area contributed by atoms with E-state index in [1.165, 1.54) is 27.1 Å². The Bertz CT molecular complexity index is 1240. The molecule has 208 valence electrons. The molecule has 2 N–H and O–H groups in total. The highest BCUT2D eigenvalue weighted by Crippen LogP contribution is 2.32. The summed E-state index contributed by atoms with van der Waals surface area (Å²) in [6, 6.07) is 11.6. The molecular weight excluding hydrogens is 519 g/mol. The molecule has 2 aliphatic heterocycles. The molecule has 0 radical (unpaired) electrons. The van der Waals surface area contributed by atoms with Crippen LogP contribution in [0.5, 0.6) is 0 Å². The molecule has 0 saturated carbocycles. The number of fused-ring (bicyclic) bond motifs is 1. The fraction of sp³-hybridized carbons (Fsp3) is 0.385. The first kappa shape index (κ1) is 27.9. The van der Waals surface area contributed by atoms with Gasteiger partial charge in [0, 0.05) is 19.6 Å². The molecule has 2 fully saturated rings. The smallest absolute Gasteiger partial charge is 0.416 e. The van der Waals surface area contributed by atoms with E-state index in [9.17, 15) is 37.5 Å². The van der Waals surface area contributed by atoms with Gasteiger partial charge in [0.25, 0.3) is 0 Å². The molecule has 0 aromatic heterocycles. The van der Waals surface area contributed by atoms with Crippen LogP contribution in [0.25, 0.3) is 0 Å². The number of halogens is 3. The van der Waals surface area contributed by atoms with Gasteiger partial charge in [0.1, 0.15) is 12.2 Å². The minimum absolute atomic E-state index is 0.176. The summed E-state index contributed by atoms with van der Waals surface area (Å²) >= 11 is 0. The van der Waals surface area contributed by atoms with Crippen molar-refractivity contribution in [2.75, 3.05) is 19.6 Å². The molecule has 2 atom stereocenters. The second-order valence-corrected chi connectivity index (χ2v) is 9.28. The zero-order chi connectivity index (χ0) is 28.3. The highest BCUT2D eigenvalue weighted by atomic mass is 19.4. The molecule has 0 bridgehead atoms. The number of carboxylic acid groups (broad SMARTS) is 1. The molecule has 2 aromatic carbocycles. The van der Waals surface area contributed by atoms with Gasteiger partial charge in [0.2, 0.25) is 11.8 Å². The summed E-state index contributed by atoms with van der Waals surface area (Å²) in [6.07, 6.45) is -6.36. The van der Waals surface area contributed by atoms with Crippen LogP contribution >= 0.6 is 0 Å². The largest absolute Gasteiger partial charge is 0.481 e. The lowest BCUT2D eigenvalue weighted by Crippen LogP contribution is -2.76. The third-order valence-electron chi connectivity index (χ3n) is 6.69. The van der Waals surface area contributed by atoms with Crippen molar-refractivity contribution < 1.29 is 37.5 Å². The Labute approximate surface area is 222 Å². The number of nitrogens with zero attached hydrogens (tertiary/aromatic N) is 4. The van der Waals surface area contributed by atoms with Crippen molar-refractivity contribution in [2.24, 2.45) is 0 Å². The number of carbonyl (C=O) groups is 4. The molecule has 39 heavy (non-hydrogen) atoms. The predicted octanol–water partition coefficient (Wildman–Crippen LogP) is 2.51. The van der Waals surface area contributed by atoms with E-state index in [4.69, 9.17) is 0 Å². The number of likely N-dealkylation sites (N-methyl/N-ethyl adjacent to an activating group) is 1. The van der Waals surface area contributed by atoms with Crippen molar-refractivity contribution in [3.63, 3.8) is 0 Å². The number of benzene rings is 2.